The first kappa shape index (κ1) is 13.4. The predicted molar refractivity (Wildman–Crippen MR) is 74.1 cm³/mol. The van der Waals surface area contributed by atoms with E-state index in [0.29, 0.717) is 5.92 Å². The third-order valence-electron chi connectivity index (χ3n) is 3.98. The lowest BCUT2D eigenvalue weighted by atomic mass is 9.82. The molecule has 0 spiro atoms. The van der Waals surface area contributed by atoms with Crippen LogP contribution in [0.4, 0.5) is 0 Å². The number of hydrogen-bond acceptors (Lipinski definition) is 2. The largest absolute Gasteiger partial charge is 0.496 e. The van der Waals surface area contributed by atoms with Crippen LogP contribution in [0.1, 0.15) is 63.0 Å². The van der Waals surface area contributed by atoms with Gasteiger partial charge in [-0.3, -0.25) is 0 Å². The highest BCUT2D eigenvalue weighted by atomic mass is 16.5. The normalized spacial score (nSPS) is 17.8. The fourth-order valence-corrected chi connectivity index (χ4v) is 2.85. The molecule has 0 aliphatic heterocycles. The molecule has 2 heteroatoms. The van der Waals surface area contributed by atoms with Crippen LogP contribution in [-0.4, -0.2) is 12.2 Å². The van der Waals surface area contributed by atoms with Gasteiger partial charge in [-0.15, -0.1) is 0 Å². The van der Waals surface area contributed by atoms with Gasteiger partial charge in [-0.05, 0) is 55.9 Å². The second-order valence-electron chi connectivity index (χ2n) is 5.85. The number of benzene rings is 1. The minimum atomic E-state index is -0.782. The summed E-state index contributed by atoms with van der Waals surface area (Å²) in [6.45, 7) is 3.67. The fourth-order valence-electron chi connectivity index (χ4n) is 2.85. The van der Waals surface area contributed by atoms with Gasteiger partial charge in [0.1, 0.15) is 5.75 Å². The Morgan fingerprint density at radius 1 is 1.17 bits per heavy atom. The lowest BCUT2D eigenvalue weighted by Crippen LogP contribution is -2.16. The number of rotatable bonds is 3. The molecule has 2 nitrogen and oxygen atoms in total. The van der Waals surface area contributed by atoms with Crippen molar-refractivity contribution >= 4 is 0 Å². The van der Waals surface area contributed by atoms with Crippen molar-refractivity contribution in [3.63, 3.8) is 0 Å². The highest BCUT2D eigenvalue weighted by Gasteiger charge is 2.23. The van der Waals surface area contributed by atoms with Crippen LogP contribution >= 0.6 is 0 Å². The molecule has 0 radical (unpaired) electrons. The van der Waals surface area contributed by atoms with Gasteiger partial charge in [-0.2, -0.15) is 0 Å². The second kappa shape index (κ2) is 5.31. The first-order chi connectivity index (χ1) is 8.52. The Balaban J connectivity index is 2.35. The van der Waals surface area contributed by atoms with Crippen molar-refractivity contribution in [2.75, 3.05) is 7.11 Å². The summed E-state index contributed by atoms with van der Waals surface area (Å²) >= 11 is 0. The van der Waals surface area contributed by atoms with E-state index in [9.17, 15) is 5.11 Å². The van der Waals surface area contributed by atoms with Crippen LogP contribution in [0, 0.1) is 0 Å². The Morgan fingerprint density at radius 2 is 1.83 bits per heavy atom. The highest BCUT2D eigenvalue weighted by Crippen LogP contribution is 2.39. The van der Waals surface area contributed by atoms with Crippen molar-refractivity contribution in [1.82, 2.24) is 0 Å². The van der Waals surface area contributed by atoms with Crippen molar-refractivity contribution < 1.29 is 9.84 Å². The van der Waals surface area contributed by atoms with E-state index < -0.39 is 5.60 Å². The van der Waals surface area contributed by atoms with E-state index in [1.54, 1.807) is 7.11 Å². The standard InChI is InChI=1S/C16H24O2/c1-16(2,17)13-9-10-15(18-3)14(11-13)12-7-5-4-6-8-12/h9-12,17H,4-8H2,1-3H3. The fraction of sp³-hybridized carbons (Fsp3) is 0.625. The third-order valence-corrected chi connectivity index (χ3v) is 3.98. The molecule has 0 amide bonds. The summed E-state index contributed by atoms with van der Waals surface area (Å²) in [5, 5.41) is 10.1. The predicted octanol–water partition coefficient (Wildman–Crippen LogP) is 3.97. The molecular formula is C16H24O2. The van der Waals surface area contributed by atoms with E-state index in [0.717, 1.165) is 11.3 Å². The van der Waals surface area contributed by atoms with Crippen molar-refractivity contribution in [2.24, 2.45) is 0 Å². The summed E-state index contributed by atoms with van der Waals surface area (Å²) in [6.07, 6.45) is 6.45. The van der Waals surface area contributed by atoms with Crippen molar-refractivity contribution in [3.8, 4) is 5.75 Å². The molecule has 1 aliphatic rings. The van der Waals surface area contributed by atoms with Crippen LogP contribution in [0.2, 0.25) is 0 Å². The van der Waals surface area contributed by atoms with Crippen LogP contribution in [-0.2, 0) is 5.60 Å². The molecule has 18 heavy (non-hydrogen) atoms. The Hall–Kier alpha value is -1.02. The Labute approximate surface area is 110 Å². The van der Waals surface area contributed by atoms with Crippen molar-refractivity contribution in [1.29, 1.82) is 0 Å². The van der Waals surface area contributed by atoms with E-state index in [-0.39, 0.29) is 0 Å². The van der Waals surface area contributed by atoms with Gasteiger partial charge in [-0.25, -0.2) is 0 Å². The molecule has 0 bridgehead atoms. The summed E-state index contributed by atoms with van der Waals surface area (Å²) in [5.74, 6) is 1.56. The Morgan fingerprint density at radius 3 is 2.39 bits per heavy atom. The average Bonchev–Trinajstić information content (AvgIpc) is 2.38. The van der Waals surface area contributed by atoms with Crippen LogP contribution in [0.15, 0.2) is 18.2 Å². The van der Waals surface area contributed by atoms with E-state index in [1.807, 2.05) is 26.0 Å². The molecule has 0 aromatic heterocycles. The average molecular weight is 248 g/mol. The summed E-state index contributed by atoms with van der Waals surface area (Å²) in [7, 11) is 1.73. The summed E-state index contributed by atoms with van der Waals surface area (Å²) in [6, 6.07) is 6.09. The van der Waals surface area contributed by atoms with Crippen LogP contribution in [0.5, 0.6) is 5.75 Å². The maximum absolute atomic E-state index is 10.1. The quantitative estimate of drug-likeness (QED) is 0.877. The second-order valence-corrected chi connectivity index (χ2v) is 5.85. The van der Waals surface area contributed by atoms with Gasteiger partial charge in [0.25, 0.3) is 0 Å². The molecule has 100 valence electrons. The molecule has 0 atom stereocenters. The molecule has 1 saturated carbocycles. The molecule has 1 N–H and O–H groups in total. The smallest absolute Gasteiger partial charge is 0.122 e. The first-order valence-electron chi connectivity index (χ1n) is 6.93. The molecule has 1 fully saturated rings. The number of methoxy groups -OCH3 is 1. The molecule has 1 aliphatic carbocycles. The van der Waals surface area contributed by atoms with Gasteiger partial charge in [-0.1, -0.05) is 25.3 Å². The van der Waals surface area contributed by atoms with Crippen molar-refractivity contribution in [2.45, 2.75) is 57.5 Å². The van der Waals surface area contributed by atoms with E-state index in [2.05, 4.69) is 6.07 Å². The minimum absolute atomic E-state index is 0.594. The van der Waals surface area contributed by atoms with Gasteiger partial charge >= 0.3 is 0 Å². The minimum Gasteiger partial charge on any atom is -0.496 e. The number of ether oxygens (including phenoxy) is 1. The molecular weight excluding hydrogens is 224 g/mol. The topological polar surface area (TPSA) is 29.5 Å². The van der Waals surface area contributed by atoms with E-state index in [4.69, 9.17) is 4.74 Å². The zero-order valence-corrected chi connectivity index (χ0v) is 11.7. The molecule has 0 unspecified atom stereocenters. The Kier molecular flexibility index (Phi) is 3.96. The van der Waals surface area contributed by atoms with Crippen molar-refractivity contribution in [3.05, 3.63) is 29.3 Å². The third kappa shape index (κ3) is 2.86. The van der Waals surface area contributed by atoms with Crippen LogP contribution < -0.4 is 4.74 Å². The van der Waals surface area contributed by atoms with Crippen LogP contribution in [0.3, 0.4) is 0 Å². The first-order valence-corrected chi connectivity index (χ1v) is 6.93. The highest BCUT2D eigenvalue weighted by molar-refractivity contribution is 5.41. The molecule has 0 saturated heterocycles. The van der Waals surface area contributed by atoms with Crippen LogP contribution in [0.25, 0.3) is 0 Å². The van der Waals surface area contributed by atoms with E-state index in [1.165, 1.54) is 37.7 Å². The van der Waals surface area contributed by atoms with Gasteiger partial charge in [0.2, 0.25) is 0 Å². The van der Waals surface area contributed by atoms with Gasteiger partial charge in [0.15, 0.2) is 0 Å². The van der Waals surface area contributed by atoms with Gasteiger partial charge in [0.05, 0.1) is 12.7 Å². The number of hydrogen-bond donors (Lipinski definition) is 1. The van der Waals surface area contributed by atoms with Gasteiger partial charge < -0.3 is 9.84 Å². The SMILES string of the molecule is COc1ccc(C(C)(C)O)cc1C1CCCCC1. The maximum atomic E-state index is 10.1. The summed E-state index contributed by atoms with van der Waals surface area (Å²) < 4.78 is 5.48. The summed E-state index contributed by atoms with van der Waals surface area (Å²) in [4.78, 5) is 0. The lowest BCUT2D eigenvalue weighted by Gasteiger charge is -2.26. The monoisotopic (exact) mass is 248 g/mol. The summed E-state index contributed by atoms with van der Waals surface area (Å²) in [5.41, 5.74) is 1.47. The van der Waals surface area contributed by atoms with Gasteiger partial charge in [0, 0.05) is 0 Å². The Bertz CT molecular complexity index is 398. The molecule has 0 heterocycles. The number of aliphatic hydroxyl groups is 1. The molecule has 1 aromatic rings. The lowest BCUT2D eigenvalue weighted by molar-refractivity contribution is 0.0784. The zero-order valence-electron chi connectivity index (χ0n) is 11.7. The van der Waals surface area contributed by atoms with E-state index >= 15 is 0 Å². The molecule has 2 rings (SSSR count). The zero-order chi connectivity index (χ0) is 13.2. The molecule has 1 aromatic carbocycles. The maximum Gasteiger partial charge on any atom is 0.122 e.